The number of fused-ring (bicyclic) bond motifs is 12. The van der Waals surface area contributed by atoms with Gasteiger partial charge in [0.1, 0.15) is 11.2 Å². The summed E-state index contributed by atoms with van der Waals surface area (Å²) in [6.07, 6.45) is 0. The molecule has 0 spiro atoms. The van der Waals surface area contributed by atoms with Crippen molar-refractivity contribution in [2.75, 3.05) is 0 Å². The average molecular weight is 739 g/mol. The zero-order valence-corrected chi connectivity index (χ0v) is 32.4. The van der Waals surface area contributed by atoms with Crippen LogP contribution in [0.3, 0.4) is 0 Å². The average Bonchev–Trinajstić information content (AvgIpc) is 3.78. The molecule has 0 radical (unpaired) electrons. The van der Waals surface area contributed by atoms with Gasteiger partial charge in [-0.05, 0) is 124 Å². The second kappa shape index (κ2) is 12.4. The van der Waals surface area contributed by atoms with E-state index in [1.54, 1.807) is 0 Å². The van der Waals surface area contributed by atoms with Gasteiger partial charge in [0.05, 0.1) is 0 Å². The van der Waals surface area contributed by atoms with Crippen LogP contribution in [0.1, 0.15) is 25.0 Å². The third-order valence-electron chi connectivity index (χ3n) is 12.8. The lowest BCUT2D eigenvalue weighted by Crippen LogP contribution is -2.15. The van der Waals surface area contributed by atoms with Crippen LogP contribution in [0.2, 0.25) is 0 Å². The number of rotatable bonds is 4. The summed E-state index contributed by atoms with van der Waals surface area (Å²) < 4.78 is 6.83. The second-order valence-electron chi connectivity index (χ2n) is 16.4. The number of hydrogen-bond acceptors (Lipinski definition) is 1. The van der Waals surface area contributed by atoms with Crippen molar-refractivity contribution in [2.45, 2.75) is 19.3 Å². The van der Waals surface area contributed by atoms with Crippen molar-refractivity contribution in [1.82, 2.24) is 0 Å². The number of furan rings is 1. The molecule has 1 nitrogen and oxygen atoms in total. The lowest BCUT2D eigenvalue weighted by atomic mass is 9.79. The molecule has 1 aliphatic rings. The smallest absolute Gasteiger partial charge is 0.140 e. The van der Waals surface area contributed by atoms with Gasteiger partial charge in [0.25, 0.3) is 0 Å². The van der Waals surface area contributed by atoms with Crippen molar-refractivity contribution in [1.29, 1.82) is 0 Å². The molecule has 1 aromatic heterocycles. The Hall–Kier alpha value is -7.22. The topological polar surface area (TPSA) is 13.1 Å². The van der Waals surface area contributed by atoms with Crippen LogP contribution in [0, 0.1) is 0 Å². The van der Waals surface area contributed by atoms with Crippen LogP contribution in [0.4, 0.5) is 0 Å². The predicted octanol–water partition coefficient (Wildman–Crippen LogP) is 16.0. The van der Waals surface area contributed by atoms with Crippen LogP contribution in [-0.4, -0.2) is 0 Å². The summed E-state index contributed by atoms with van der Waals surface area (Å²) in [5, 5.41) is 9.91. The molecule has 1 heteroatoms. The molecule has 0 saturated heterocycles. The zero-order chi connectivity index (χ0) is 38.5. The lowest BCUT2D eigenvalue weighted by Gasteiger charge is -2.23. The van der Waals surface area contributed by atoms with E-state index < -0.39 is 0 Å². The highest BCUT2D eigenvalue weighted by molar-refractivity contribution is 6.25. The maximum Gasteiger partial charge on any atom is 0.140 e. The third kappa shape index (κ3) is 4.71. The fourth-order valence-electron chi connectivity index (χ4n) is 10.2. The molecule has 10 aromatic carbocycles. The van der Waals surface area contributed by atoms with E-state index in [-0.39, 0.29) is 5.41 Å². The molecular weight excluding hydrogens is 701 g/mol. The van der Waals surface area contributed by atoms with Gasteiger partial charge in [0.2, 0.25) is 0 Å². The molecule has 58 heavy (non-hydrogen) atoms. The SMILES string of the molecule is CC1(C)c2cc(-c3c4ccccc4c(-c4cc(-c5ccccc5)cc(-c5ccccc5)c4)c4ccccc34)ccc2-c2c1c1oc3ccccc3c1c1ccccc21. The maximum absolute atomic E-state index is 6.83. The van der Waals surface area contributed by atoms with Crippen LogP contribution in [0.15, 0.2) is 199 Å². The maximum atomic E-state index is 6.83. The highest BCUT2D eigenvalue weighted by atomic mass is 16.3. The Morgan fingerprint density at radius 1 is 0.345 bits per heavy atom. The van der Waals surface area contributed by atoms with Crippen LogP contribution in [0.25, 0.3) is 110 Å². The lowest BCUT2D eigenvalue weighted by molar-refractivity contribution is 0.620. The van der Waals surface area contributed by atoms with Gasteiger partial charge in [-0.3, -0.25) is 0 Å². The Labute approximate surface area is 337 Å². The van der Waals surface area contributed by atoms with E-state index in [9.17, 15) is 0 Å². The molecule has 1 heterocycles. The standard InChI is InChI=1S/C57H38O/c1-57(2)49-34-37(29-30-47(49)53-45-25-13-14-26-46(45)54-48-27-15-16-28-50(48)58-56(54)55(53)57)51-41-21-9-11-23-43(41)52(44-24-12-10-22-42(44)51)40-32-38(35-17-5-3-6-18-35)31-39(33-40)36-19-7-4-8-20-36/h3-34H,1-2H3. The fraction of sp³-hybridized carbons (Fsp3) is 0.0526. The largest absolute Gasteiger partial charge is 0.456 e. The van der Waals surface area contributed by atoms with Gasteiger partial charge in [-0.2, -0.15) is 0 Å². The normalized spacial score (nSPS) is 13.1. The number of hydrogen-bond donors (Lipinski definition) is 0. The van der Waals surface area contributed by atoms with E-state index in [1.165, 1.54) is 110 Å². The van der Waals surface area contributed by atoms with Gasteiger partial charge in [-0.25, -0.2) is 0 Å². The highest BCUT2D eigenvalue weighted by Crippen LogP contribution is 2.57. The Kier molecular flexibility index (Phi) is 7.04. The molecule has 12 rings (SSSR count). The van der Waals surface area contributed by atoms with E-state index in [2.05, 4.69) is 208 Å². The fourth-order valence-corrected chi connectivity index (χ4v) is 10.2. The monoisotopic (exact) mass is 738 g/mol. The van der Waals surface area contributed by atoms with E-state index in [4.69, 9.17) is 4.42 Å². The molecule has 0 aliphatic heterocycles. The summed E-state index contributed by atoms with van der Waals surface area (Å²) in [6.45, 7) is 4.76. The summed E-state index contributed by atoms with van der Waals surface area (Å²) in [4.78, 5) is 0. The van der Waals surface area contributed by atoms with E-state index in [1.807, 2.05) is 0 Å². The van der Waals surface area contributed by atoms with Crippen LogP contribution in [0.5, 0.6) is 0 Å². The minimum atomic E-state index is -0.298. The van der Waals surface area contributed by atoms with Crippen molar-refractivity contribution in [3.05, 3.63) is 205 Å². The van der Waals surface area contributed by atoms with Gasteiger partial charge in [0, 0.05) is 21.8 Å². The quantitative estimate of drug-likeness (QED) is 0.164. The number of benzene rings is 10. The summed E-state index contributed by atoms with van der Waals surface area (Å²) in [5.41, 5.74) is 16.7. The van der Waals surface area contributed by atoms with Crippen LogP contribution >= 0.6 is 0 Å². The Morgan fingerprint density at radius 3 is 1.36 bits per heavy atom. The molecule has 1 aliphatic carbocycles. The van der Waals surface area contributed by atoms with Gasteiger partial charge < -0.3 is 4.42 Å². The third-order valence-corrected chi connectivity index (χ3v) is 12.8. The summed E-state index contributed by atoms with van der Waals surface area (Å²) >= 11 is 0. The number of para-hydroxylation sites is 1. The summed E-state index contributed by atoms with van der Waals surface area (Å²) in [7, 11) is 0. The van der Waals surface area contributed by atoms with Crippen LogP contribution < -0.4 is 0 Å². The molecule has 272 valence electrons. The molecule has 0 bridgehead atoms. The van der Waals surface area contributed by atoms with E-state index in [0.717, 1.165) is 11.2 Å². The van der Waals surface area contributed by atoms with Gasteiger partial charge in [-0.1, -0.05) is 178 Å². The summed E-state index contributed by atoms with van der Waals surface area (Å²) in [5.74, 6) is 0. The van der Waals surface area contributed by atoms with Crippen molar-refractivity contribution >= 4 is 54.3 Å². The van der Waals surface area contributed by atoms with Gasteiger partial charge in [0.15, 0.2) is 0 Å². The zero-order valence-electron chi connectivity index (χ0n) is 32.4. The van der Waals surface area contributed by atoms with Gasteiger partial charge in [-0.15, -0.1) is 0 Å². The molecular formula is C57H38O. The Morgan fingerprint density at radius 2 is 0.793 bits per heavy atom. The molecule has 0 N–H and O–H groups in total. The molecule has 0 fully saturated rings. The van der Waals surface area contributed by atoms with Crippen molar-refractivity contribution in [3.8, 4) is 55.6 Å². The first-order chi connectivity index (χ1) is 28.5. The predicted molar refractivity (Wildman–Crippen MR) is 246 cm³/mol. The Balaban J connectivity index is 1.12. The van der Waals surface area contributed by atoms with Gasteiger partial charge >= 0.3 is 0 Å². The second-order valence-corrected chi connectivity index (χ2v) is 16.4. The van der Waals surface area contributed by atoms with E-state index >= 15 is 0 Å². The van der Waals surface area contributed by atoms with Crippen molar-refractivity contribution < 1.29 is 4.42 Å². The minimum Gasteiger partial charge on any atom is -0.456 e. The Bertz CT molecular complexity index is 3340. The minimum absolute atomic E-state index is 0.298. The van der Waals surface area contributed by atoms with Crippen molar-refractivity contribution in [3.63, 3.8) is 0 Å². The first-order valence-electron chi connectivity index (χ1n) is 20.3. The van der Waals surface area contributed by atoms with Crippen molar-refractivity contribution in [2.24, 2.45) is 0 Å². The van der Waals surface area contributed by atoms with E-state index in [0.29, 0.717) is 0 Å². The summed E-state index contributed by atoms with van der Waals surface area (Å²) in [6, 6.07) is 71.3. The van der Waals surface area contributed by atoms with Crippen LogP contribution in [-0.2, 0) is 5.41 Å². The highest BCUT2D eigenvalue weighted by Gasteiger charge is 2.40. The molecule has 0 saturated carbocycles. The molecule has 0 amide bonds. The first-order valence-corrected chi connectivity index (χ1v) is 20.3. The molecule has 0 atom stereocenters. The first kappa shape index (κ1) is 33.0. The molecule has 11 aromatic rings. The molecule has 0 unspecified atom stereocenters.